The van der Waals surface area contributed by atoms with Crippen molar-refractivity contribution in [1.29, 1.82) is 0 Å². The van der Waals surface area contributed by atoms with Gasteiger partial charge < -0.3 is 0 Å². The van der Waals surface area contributed by atoms with Crippen LogP contribution in [0.1, 0.15) is 6.92 Å². The molecule has 0 rings (SSSR count). The molecule has 0 saturated heterocycles. The van der Waals surface area contributed by atoms with Crippen LogP contribution in [0.5, 0.6) is 0 Å². The summed E-state index contributed by atoms with van der Waals surface area (Å²) in [7, 11) is 0.531. The Morgan fingerprint density at radius 3 is 2.40 bits per heavy atom. The molecular formula is C3H8FP. The van der Waals surface area contributed by atoms with Crippen LogP contribution in [0.4, 0.5) is 4.39 Å². The standard InChI is InChI=1S/C3H8FP/c1-2-5-3-4/h5H,2-3H2,1H3. The Balaban J connectivity index is 2.19. The molecule has 0 aromatic rings. The van der Waals surface area contributed by atoms with Crippen LogP contribution in [0.15, 0.2) is 0 Å². The fourth-order valence-corrected chi connectivity index (χ4v) is 0.283. The Morgan fingerprint density at radius 1 is 1.80 bits per heavy atom. The molecule has 0 aliphatic heterocycles. The van der Waals surface area contributed by atoms with Gasteiger partial charge in [-0.3, -0.25) is 0 Å². The second-order valence-electron chi connectivity index (χ2n) is 0.737. The minimum absolute atomic E-state index is 0.128. The quantitative estimate of drug-likeness (QED) is 0.456. The van der Waals surface area contributed by atoms with Gasteiger partial charge in [0.15, 0.2) is 0 Å². The highest BCUT2D eigenvalue weighted by Gasteiger charge is 1.70. The van der Waals surface area contributed by atoms with Gasteiger partial charge in [-0.1, -0.05) is 15.5 Å². The largest absolute Gasteiger partial charge is 0.246 e. The van der Waals surface area contributed by atoms with E-state index in [0.29, 0.717) is 8.58 Å². The van der Waals surface area contributed by atoms with Gasteiger partial charge in [-0.2, -0.15) is 0 Å². The molecule has 0 heterocycles. The first-order valence-corrected chi connectivity index (χ1v) is 3.10. The van der Waals surface area contributed by atoms with Crippen LogP contribution in [-0.4, -0.2) is 12.6 Å². The van der Waals surface area contributed by atoms with E-state index in [1.54, 1.807) is 0 Å². The number of hydrogen-bond donors (Lipinski definition) is 0. The molecule has 0 aromatic carbocycles. The highest BCUT2D eigenvalue weighted by molar-refractivity contribution is 7.37. The zero-order valence-corrected chi connectivity index (χ0v) is 4.29. The van der Waals surface area contributed by atoms with E-state index in [9.17, 15) is 4.39 Å². The lowest BCUT2D eigenvalue weighted by atomic mass is 11.0. The molecule has 1 atom stereocenters. The molecule has 2 heteroatoms. The molecule has 0 aromatic heterocycles. The van der Waals surface area contributed by atoms with Gasteiger partial charge in [0.1, 0.15) is 6.42 Å². The van der Waals surface area contributed by atoms with Gasteiger partial charge in [0.2, 0.25) is 0 Å². The van der Waals surface area contributed by atoms with Crippen molar-refractivity contribution in [2.45, 2.75) is 6.92 Å². The predicted molar refractivity (Wildman–Crippen MR) is 24.8 cm³/mol. The van der Waals surface area contributed by atoms with Crippen molar-refractivity contribution in [2.75, 3.05) is 12.6 Å². The van der Waals surface area contributed by atoms with Crippen LogP contribution < -0.4 is 0 Å². The minimum Gasteiger partial charge on any atom is -0.246 e. The Bertz CT molecular complexity index is 14.4. The van der Waals surface area contributed by atoms with E-state index < -0.39 is 0 Å². The zero-order chi connectivity index (χ0) is 4.12. The van der Waals surface area contributed by atoms with Crippen molar-refractivity contribution in [3.05, 3.63) is 0 Å². The van der Waals surface area contributed by atoms with Crippen LogP contribution in [0.3, 0.4) is 0 Å². The van der Waals surface area contributed by atoms with Crippen molar-refractivity contribution in [3.63, 3.8) is 0 Å². The first-order valence-electron chi connectivity index (χ1n) is 1.68. The van der Waals surface area contributed by atoms with E-state index >= 15 is 0 Å². The maximum absolute atomic E-state index is 11.0. The van der Waals surface area contributed by atoms with E-state index in [4.69, 9.17) is 0 Å². The monoisotopic (exact) mass is 94.0 g/mol. The summed E-state index contributed by atoms with van der Waals surface area (Å²) in [5.41, 5.74) is 0. The van der Waals surface area contributed by atoms with Gasteiger partial charge in [0, 0.05) is 0 Å². The van der Waals surface area contributed by atoms with Crippen molar-refractivity contribution < 1.29 is 4.39 Å². The third-order valence-electron chi connectivity index (χ3n) is 0.344. The Morgan fingerprint density at radius 2 is 2.40 bits per heavy atom. The molecule has 0 N–H and O–H groups in total. The Labute approximate surface area is 33.5 Å². The van der Waals surface area contributed by atoms with Gasteiger partial charge in [-0.05, 0) is 6.16 Å². The average Bonchev–Trinajstić information content (AvgIpc) is 1.41. The van der Waals surface area contributed by atoms with Crippen molar-refractivity contribution >= 4 is 8.58 Å². The SMILES string of the molecule is CCPCF. The first kappa shape index (κ1) is 5.36. The summed E-state index contributed by atoms with van der Waals surface area (Å²) in [5, 5.41) is 0. The summed E-state index contributed by atoms with van der Waals surface area (Å²) in [6.07, 6.45) is 0.868. The summed E-state index contributed by atoms with van der Waals surface area (Å²) in [5.74, 6) is 0. The average molecular weight is 94.1 g/mol. The summed E-state index contributed by atoms with van der Waals surface area (Å²) in [6.45, 7) is 1.98. The third-order valence-corrected chi connectivity index (χ3v) is 1.03. The highest BCUT2D eigenvalue weighted by Crippen LogP contribution is 2.05. The third kappa shape index (κ3) is 4.36. The van der Waals surface area contributed by atoms with E-state index in [1.165, 1.54) is 0 Å². The normalized spacial score (nSPS) is 10.8. The molecule has 0 aliphatic rings. The van der Waals surface area contributed by atoms with Crippen LogP contribution in [-0.2, 0) is 0 Å². The lowest BCUT2D eigenvalue weighted by Crippen LogP contribution is -1.57. The molecule has 0 fully saturated rings. The van der Waals surface area contributed by atoms with Crippen molar-refractivity contribution in [1.82, 2.24) is 0 Å². The second-order valence-corrected chi connectivity index (χ2v) is 2.21. The smallest absolute Gasteiger partial charge is 0.106 e. The lowest BCUT2D eigenvalue weighted by Gasteiger charge is -1.77. The second kappa shape index (κ2) is 4.36. The summed E-state index contributed by atoms with van der Waals surface area (Å²) < 4.78 is 11.0. The molecule has 32 valence electrons. The molecule has 5 heavy (non-hydrogen) atoms. The molecule has 0 aliphatic carbocycles. The maximum Gasteiger partial charge on any atom is 0.106 e. The predicted octanol–water partition coefficient (Wildman–Crippen LogP) is 1.61. The number of hydrogen-bond acceptors (Lipinski definition) is 0. The van der Waals surface area contributed by atoms with E-state index in [0.717, 1.165) is 6.16 Å². The van der Waals surface area contributed by atoms with Crippen LogP contribution in [0, 0.1) is 0 Å². The van der Waals surface area contributed by atoms with Crippen LogP contribution in [0.25, 0.3) is 0 Å². The lowest BCUT2D eigenvalue weighted by molar-refractivity contribution is 0.602. The summed E-state index contributed by atoms with van der Waals surface area (Å²) >= 11 is 0. The van der Waals surface area contributed by atoms with E-state index in [-0.39, 0.29) is 6.42 Å². The number of halogens is 1. The molecule has 1 unspecified atom stereocenters. The first-order chi connectivity index (χ1) is 2.41. The fraction of sp³-hybridized carbons (Fsp3) is 1.00. The van der Waals surface area contributed by atoms with E-state index in [2.05, 4.69) is 0 Å². The minimum atomic E-state index is -0.128. The Kier molecular flexibility index (Phi) is 4.67. The molecule has 0 amide bonds. The van der Waals surface area contributed by atoms with Crippen molar-refractivity contribution in [2.24, 2.45) is 0 Å². The van der Waals surface area contributed by atoms with Gasteiger partial charge >= 0.3 is 0 Å². The van der Waals surface area contributed by atoms with Gasteiger partial charge in [-0.25, -0.2) is 4.39 Å². The number of alkyl halides is 1. The summed E-state index contributed by atoms with van der Waals surface area (Å²) in [6, 6.07) is 0. The molecular weight excluding hydrogens is 86.0 g/mol. The highest BCUT2D eigenvalue weighted by atomic mass is 31.1. The van der Waals surface area contributed by atoms with Crippen molar-refractivity contribution in [3.8, 4) is 0 Å². The fourth-order valence-electron chi connectivity index (χ4n) is 0.0945. The van der Waals surface area contributed by atoms with Gasteiger partial charge in [0.25, 0.3) is 0 Å². The molecule has 0 bridgehead atoms. The van der Waals surface area contributed by atoms with Crippen LogP contribution in [0.2, 0.25) is 0 Å². The zero-order valence-electron chi connectivity index (χ0n) is 3.29. The molecule has 0 saturated carbocycles. The van der Waals surface area contributed by atoms with Gasteiger partial charge in [0.05, 0.1) is 0 Å². The topological polar surface area (TPSA) is 0 Å². The summed E-state index contributed by atoms with van der Waals surface area (Å²) in [4.78, 5) is 0. The molecule has 0 spiro atoms. The van der Waals surface area contributed by atoms with E-state index in [1.807, 2.05) is 6.92 Å². The van der Waals surface area contributed by atoms with Gasteiger partial charge in [-0.15, -0.1) is 0 Å². The number of rotatable bonds is 2. The Hall–Kier alpha value is 0.360. The maximum atomic E-state index is 11.0. The molecule has 0 radical (unpaired) electrons. The van der Waals surface area contributed by atoms with Crippen LogP contribution >= 0.6 is 8.58 Å². The molecule has 0 nitrogen and oxygen atoms in total.